The number of fused-ring (bicyclic) bond motifs is 1. The Morgan fingerprint density at radius 1 is 1.00 bits per heavy atom. The van der Waals surface area contributed by atoms with E-state index in [1.54, 1.807) is 48.5 Å². The highest BCUT2D eigenvalue weighted by atomic mass is 32.2. The molecular weight excluding hydrogens is 428 g/mol. The van der Waals surface area contributed by atoms with E-state index in [4.69, 9.17) is 4.74 Å². The van der Waals surface area contributed by atoms with Gasteiger partial charge in [-0.2, -0.15) is 0 Å². The summed E-state index contributed by atoms with van der Waals surface area (Å²) < 4.78 is 33.2. The second kappa shape index (κ2) is 8.43. The minimum Gasteiger partial charge on any atom is -0.504 e. The summed E-state index contributed by atoms with van der Waals surface area (Å²) in [6, 6.07) is 15.1. The summed E-state index contributed by atoms with van der Waals surface area (Å²) in [7, 11) is -2.36. The highest BCUT2D eigenvalue weighted by Crippen LogP contribution is 2.31. The van der Waals surface area contributed by atoms with Crippen molar-refractivity contribution >= 4 is 27.0 Å². The van der Waals surface area contributed by atoms with Gasteiger partial charge in [-0.1, -0.05) is 26.0 Å². The Bertz CT molecular complexity index is 1390. The molecule has 0 unspecified atom stereocenters. The van der Waals surface area contributed by atoms with Crippen molar-refractivity contribution in [3.63, 3.8) is 0 Å². The zero-order valence-corrected chi connectivity index (χ0v) is 18.6. The van der Waals surface area contributed by atoms with Gasteiger partial charge >= 0.3 is 0 Å². The van der Waals surface area contributed by atoms with Crippen molar-refractivity contribution in [1.29, 1.82) is 0 Å². The molecule has 2 aromatic heterocycles. The number of phenols is 1. The molecule has 0 atom stereocenters. The van der Waals surface area contributed by atoms with Gasteiger partial charge in [0, 0.05) is 5.56 Å². The lowest BCUT2D eigenvalue weighted by molar-refractivity contribution is 0.373. The van der Waals surface area contributed by atoms with Crippen LogP contribution in [0, 0.1) is 0 Å². The van der Waals surface area contributed by atoms with Gasteiger partial charge in [-0.25, -0.2) is 23.4 Å². The number of pyridine rings is 1. The third kappa shape index (κ3) is 4.33. The van der Waals surface area contributed by atoms with Crippen LogP contribution in [0.2, 0.25) is 0 Å². The van der Waals surface area contributed by atoms with Crippen LogP contribution in [0.4, 0.5) is 5.82 Å². The van der Waals surface area contributed by atoms with Crippen molar-refractivity contribution in [1.82, 2.24) is 15.0 Å². The van der Waals surface area contributed by atoms with Gasteiger partial charge < -0.3 is 9.84 Å². The Kier molecular flexibility index (Phi) is 5.67. The van der Waals surface area contributed by atoms with E-state index in [0.29, 0.717) is 28.4 Å². The number of sulfonamides is 1. The monoisotopic (exact) mass is 450 g/mol. The minimum absolute atomic E-state index is 0.0231. The van der Waals surface area contributed by atoms with E-state index < -0.39 is 10.0 Å². The Morgan fingerprint density at radius 3 is 2.44 bits per heavy atom. The van der Waals surface area contributed by atoms with Gasteiger partial charge in [-0.3, -0.25) is 4.72 Å². The predicted octanol–water partition coefficient (Wildman–Crippen LogP) is 4.33. The van der Waals surface area contributed by atoms with Crippen molar-refractivity contribution < 1.29 is 18.3 Å². The number of ether oxygens (including phenoxy) is 1. The molecule has 8 nitrogen and oxygen atoms in total. The van der Waals surface area contributed by atoms with Crippen LogP contribution in [-0.4, -0.2) is 35.6 Å². The van der Waals surface area contributed by atoms with Crippen molar-refractivity contribution in [2.45, 2.75) is 24.7 Å². The summed E-state index contributed by atoms with van der Waals surface area (Å²) in [6.45, 7) is 4.09. The summed E-state index contributed by atoms with van der Waals surface area (Å²) in [5, 5.41) is 9.80. The Hall–Kier alpha value is -3.72. The SMILES string of the molecule is COc1cc(-c2ccc3ncc(NS(=O)(=O)c4ccc(C(C)C)cc4)nc3n2)ccc1O. The van der Waals surface area contributed by atoms with Crippen LogP contribution in [0.5, 0.6) is 11.5 Å². The molecule has 0 saturated carbocycles. The predicted molar refractivity (Wildman–Crippen MR) is 122 cm³/mol. The molecule has 0 amide bonds. The fraction of sp³-hybridized carbons (Fsp3) is 0.174. The smallest absolute Gasteiger partial charge is 0.263 e. The van der Waals surface area contributed by atoms with Crippen LogP contribution in [-0.2, 0) is 10.0 Å². The molecule has 0 radical (unpaired) electrons. The maximum absolute atomic E-state index is 12.8. The van der Waals surface area contributed by atoms with E-state index in [-0.39, 0.29) is 22.1 Å². The third-order valence-electron chi connectivity index (χ3n) is 4.98. The fourth-order valence-corrected chi connectivity index (χ4v) is 4.16. The second-order valence-electron chi connectivity index (χ2n) is 7.51. The van der Waals surface area contributed by atoms with Crippen LogP contribution in [0.3, 0.4) is 0 Å². The van der Waals surface area contributed by atoms with E-state index in [2.05, 4.69) is 19.7 Å². The number of phenolic OH excluding ortho intramolecular Hbond substituents is 1. The lowest BCUT2D eigenvalue weighted by Crippen LogP contribution is -2.14. The maximum atomic E-state index is 12.8. The highest BCUT2D eigenvalue weighted by molar-refractivity contribution is 7.92. The van der Waals surface area contributed by atoms with Gasteiger partial charge in [-0.15, -0.1) is 0 Å². The molecule has 2 aromatic carbocycles. The van der Waals surface area contributed by atoms with E-state index in [9.17, 15) is 13.5 Å². The Labute approximate surface area is 186 Å². The first-order valence-corrected chi connectivity index (χ1v) is 11.4. The van der Waals surface area contributed by atoms with Crippen LogP contribution in [0.1, 0.15) is 25.3 Å². The molecule has 0 fully saturated rings. The van der Waals surface area contributed by atoms with Gasteiger partial charge in [0.15, 0.2) is 23.0 Å². The number of nitrogens with zero attached hydrogens (tertiary/aromatic N) is 3. The largest absolute Gasteiger partial charge is 0.504 e. The average Bonchev–Trinajstić information content (AvgIpc) is 2.78. The van der Waals surface area contributed by atoms with Crippen molar-refractivity contribution in [3.8, 4) is 22.8 Å². The number of hydrogen-bond donors (Lipinski definition) is 2. The highest BCUT2D eigenvalue weighted by Gasteiger charge is 2.16. The normalized spacial score (nSPS) is 11.6. The molecule has 2 heterocycles. The Morgan fingerprint density at radius 2 is 1.75 bits per heavy atom. The summed E-state index contributed by atoms with van der Waals surface area (Å²) in [6.07, 6.45) is 1.35. The third-order valence-corrected chi connectivity index (χ3v) is 6.35. The lowest BCUT2D eigenvalue weighted by Gasteiger charge is -2.10. The standard InChI is InChI=1S/C23H22N4O4S/c1-14(2)15-4-7-17(8-5-15)32(29,30)27-22-13-24-19-10-9-18(25-23(19)26-22)16-6-11-20(28)21(12-16)31-3/h4-14,28H,1-3H3,(H,25,26,27). The quantitative estimate of drug-likeness (QED) is 0.449. The van der Waals surface area contributed by atoms with E-state index in [1.165, 1.54) is 19.4 Å². The zero-order valence-electron chi connectivity index (χ0n) is 17.8. The molecule has 0 aliphatic rings. The molecule has 9 heteroatoms. The molecule has 0 aliphatic heterocycles. The molecule has 0 saturated heterocycles. The van der Waals surface area contributed by atoms with Crippen LogP contribution >= 0.6 is 0 Å². The number of aromatic nitrogens is 3. The molecule has 32 heavy (non-hydrogen) atoms. The first-order chi connectivity index (χ1) is 15.3. The Balaban J connectivity index is 1.65. The topological polar surface area (TPSA) is 114 Å². The average molecular weight is 451 g/mol. The lowest BCUT2D eigenvalue weighted by atomic mass is 10.0. The number of nitrogens with one attached hydrogen (secondary N) is 1. The van der Waals surface area contributed by atoms with Crippen LogP contribution < -0.4 is 9.46 Å². The summed E-state index contributed by atoms with van der Waals surface area (Å²) in [5.74, 6) is 0.716. The number of rotatable bonds is 6. The number of aromatic hydroxyl groups is 1. The molecule has 2 N–H and O–H groups in total. The second-order valence-corrected chi connectivity index (χ2v) is 9.19. The van der Waals surface area contributed by atoms with E-state index in [0.717, 1.165) is 5.56 Å². The van der Waals surface area contributed by atoms with Gasteiger partial charge in [0.05, 0.1) is 23.9 Å². The molecule has 164 valence electrons. The van der Waals surface area contributed by atoms with Crippen molar-refractivity contribution in [3.05, 3.63) is 66.4 Å². The summed E-state index contributed by atoms with van der Waals surface area (Å²) in [5.41, 5.74) is 3.14. The number of methoxy groups -OCH3 is 1. The number of benzene rings is 2. The number of anilines is 1. The zero-order chi connectivity index (χ0) is 22.9. The van der Waals surface area contributed by atoms with Gasteiger partial charge in [0.2, 0.25) is 0 Å². The first-order valence-electron chi connectivity index (χ1n) is 9.91. The van der Waals surface area contributed by atoms with Crippen LogP contribution in [0.25, 0.3) is 22.4 Å². The summed E-state index contributed by atoms with van der Waals surface area (Å²) in [4.78, 5) is 13.2. The molecule has 4 rings (SSSR count). The number of hydrogen-bond acceptors (Lipinski definition) is 7. The molecule has 4 aromatic rings. The molecular formula is C23H22N4O4S. The molecule has 0 spiro atoms. The van der Waals surface area contributed by atoms with Gasteiger partial charge in [0.25, 0.3) is 10.0 Å². The van der Waals surface area contributed by atoms with Gasteiger partial charge in [-0.05, 0) is 53.9 Å². The first kappa shape index (κ1) is 21.5. The fourth-order valence-electron chi connectivity index (χ4n) is 3.17. The summed E-state index contributed by atoms with van der Waals surface area (Å²) >= 11 is 0. The molecule has 0 aliphatic carbocycles. The van der Waals surface area contributed by atoms with Crippen molar-refractivity contribution in [2.24, 2.45) is 0 Å². The van der Waals surface area contributed by atoms with E-state index >= 15 is 0 Å². The maximum Gasteiger partial charge on any atom is 0.263 e. The van der Waals surface area contributed by atoms with Gasteiger partial charge in [0.1, 0.15) is 5.52 Å². The van der Waals surface area contributed by atoms with E-state index in [1.807, 2.05) is 13.8 Å². The van der Waals surface area contributed by atoms with Crippen molar-refractivity contribution in [2.75, 3.05) is 11.8 Å². The van der Waals surface area contributed by atoms with Crippen LogP contribution in [0.15, 0.2) is 65.7 Å². The minimum atomic E-state index is -3.83. The molecule has 0 bridgehead atoms.